The minimum absolute atomic E-state index is 0.0954. The first-order valence-corrected chi connectivity index (χ1v) is 9.36. The summed E-state index contributed by atoms with van der Waals surface area (Å²) in [5.74, 6) is -0.380. The monoisotopic (exact) mass is 340 g/mol. The summed E-state index contributed by atoms with van der Waals surface area (Å²) in [6.45, 7) is 5.63. The standard InChI is InChI=1S/C17H24O5S/c1-17(2,3)22-16(18)15-9-14(10-15)11-21-23(19,20)12-13-7-5-4-6-8-13/h4-8,14-15H,9-12H2,1-3H3. The topological polar surface area (TPSA) is 69.7 Å². The maximum absolute atomic E-state index is 11.9. The molecular formula is C17H24O5S. The van der Waals surface area contributed by atoms with E-state index in [2.05, 4.69) is 0 Å². The van der Waals surface area contributed by atoms with E-state index in [4.69, 9.17) is 8.92 Å². The summed E-state index contributed by atoms with van der Waals surface area (Å²) in [5, 5.41) is 0. The zero-order valence-corrected chi connectivity index (χ0v) is 14.6. The second-order valence-electron chi connectivity index (χ2n) is 7.04. The van der Waals surface area contributed by atoms with Gasteiger partial charge in [0, 0.05) is 0 Å². The average Bonchev–Trinajstić information content (AvgIpc) is 2.35. The van der Waals surface area contributed by atoms with E-state index >= 15 is 0 Å². The van der Waals surface area contributed by atoms with Gasteiger partial charge in [0.05, 0.1) is 12.5 Å². The zero-order valence-electron chi connectivity index (χ0n) is 13.8. The first-order chi connectivity index (χ1) is 10.6. The fourth-order valence-electron chi connectivity index (χ4n) is 2.47. The van der Waals surface area contributed by atoms with Crippen LogP contribution < -0.4 is 0 Å². The highest BCUT2D eigenvalue weighted by molar-refractivity contribution is 7.85. The van der Waals surface area contributed by atoms with E-state index in [-0.39, 0.29) is 30.2 Å². The summed E-state index contributed by atoms with van der Waals surface area (Å²) in [7, 11) is -3.59. The molecule has 2 rings (SSSR count). The van der Waals surface area contributed by atoms with E-state index in [1.807, 2.05) is 26.8 Å². The lowest BCUT2D eigenvalue weighted by Gasteiger charge is -2.34. The molecule has 1 aliphatic rings. The number of carbonyl (C=O) groups is 1. The van der Waals surface area contributed by atoms with E-state index < -0.39 is 15.7 Å². The number of hydrogen-bond acceptors (Lipinski definition) is 5. The number of benzene rings is 1. The molecule has 5 nitrogen and oxygen atoms in total. The third kappa shape index (κ3) is 5.95. The summed E-state index contributed by atoms with van der Waals surface area (Å²) < 4.78 is 34.3. The van der Waals surface area contributed by atoms with Gasteiger partial charge in [0.25, 0.3) is 10.1 Å². The fraction of sp³-hybridized carbons (Fsp3) is 0.588. The average molecular weight is 340 g/mol. The Morgan fingerprint density at radius 2 is 1.78 bits per heavy atom. The Hall–Kier alpha value is -1.40. The quantitative estimate of drug-likeness (QED) is 0.588. The van der Waals surface area contributed by atoms with E-state index in [1.54, 1.807) is 24.3 Å². The van der Waals surface area contributed by atoms with Gasteiger partial charge in [0.15, 0.2) is 0 Å². The lowest BCUT2D eigenvalue weighted by atomic mass is 9.75. The minimum Gasteiger partial charge on any atom is -0.460 e. The zero-order chi connectivity index (χ0) is 17.1. The van der Waals surface area contributed by atoms with Gasteiger partial charge in [-0.3, -0.25) is 8.98 Å². The number of ether oxygens (including phenoxy) is 1. The molecule has 1 saturated carbocycles. The Bertz CT molecular complexity index is 625. The van der Waals surface area contributed by atoms with Crippen LogP contribution in [-0.2, 0) is 29.6 Å². The van der Waals surface area contributed by atoms with Crippen LogP contribution in [0.15, 0.2) is 30.3 Å². The van der Waals surface area contributed by atoms with Crippen LogP contribution >= 0.6 is 0 Å². The number of rotatable bonds is 6. The van der Waals surface area contributed by atoms with Crippen molar-refractivity contribution in [1.82, 2.24) is 0 Å². The van der Waals surface area contributed by atoms with Crippen molar-refractivity contribution in [2.45, 2.75) is 45.0 Å². The van der Waals surface area contributed by atoms with Crippen LogP contribution in [0, 0.1) is 11.8 Å². The molecule has 1 aromatic rings. The second-order valence-corrected chi connectivity index (χ2v) is 8.68. The Morgan fingerprint density at radius 3 is 2.35 bits per heavy atom. The van der Waals surface area contributed by atoms with E-state index in [0.29, 0.717) is 18.4 Å². The summed E-state index contributed by atoms with van der Waals surface area (Å²) in [6.07, 6.45) is 1.24. The Labute approximate surface area is 138 Å². The molecule has 0 saturated heterocycles. The highest BCUT2D eigenvalue weighted by Gasteiger charge is 2.37. The number of esters is 1. The molecule has 1 fully saturated rings. The SMILES string of the molecule is CC(C)(C)OC(=O)C1CC(COS(=O)(=O)Cc2ccccc2)C1. The lowest BCUT2D eigenvalue weighted by Crippen LogP contribution is -2.38. The Morgan fingerprint density at radius 1 is 1.17 bits per heavy atom. The molecule has 128 valence electrons. The third-order valence-corrected chi connectivity index (χ3v) is 4.83. The van der Waals surface area contributed by atoms with Crippen molar-refractivity contribution in [2.75, 3.05) is 6.61 Å². The lowest BCUT2D eigenvalue weighted by molar-refractivity contribution is -0.165. The van der Waals surface area contributed by atoms with Gasteiger partial charge in [-0.15, -0.1) is 0 Å². The number of hydrogen-bond donors (Lipinski definition) is 0. The van der Waals surface area contributed by atoms with Gasteiger partial charge in [-0.05, 0) is 45.1 Å². The molecule has 0 aromatic heterocycles. The largest absolute Gasteiger partial charge is 0.460 e. The predicted molar refractivity (Wildman–Crippen MR) is 87.1 cm³/mol. The predicted octanol–water partition coefficient (Wildman–Crippen LogP) is 2.90. The summed E-state index contributed by atoms with van der Waals surface area (Å²) >= 11 is 0. The smallest absolute Gasteiger partial charge is 0.309 e. The molecule has 1 aromatic carbocycles. The molecule has 0 amide bonds. The van der Waals surface area contributed by atoms with Gasteiger partial charge in [-0.2, -0.15) is 8.42 Å². The van der Waals surface area contributed by atoms with Gasteiger partial charge in [-0.1, -0.05) is 30.3 Å². The van der Waals surface area contributed by atoms with Crippen molar-refractivity contribution in [2.24, 2.45) is 11.8 Å². The van der Waals surface area contributed by atoms with Crippen molar-refractivity contribution in [3.8, 4) is 0 Å². The van der Waals surface area contributed by atoms with Crippen LogP contribution in [0.1, 0.15) is 39.2 Å². The maximum atomic E-state index is 11.9. The van der Waals surface area contributed by atoms with Crippen LogP contribution in [0.3, 0.4) is 0 Å². The van der Waals surface area contributed by atoms with Crippen molar-refractivity contribution < 1.29 is 22.1 Å². The van der Waals surface area contributed by atoms with Crippen molar-refractivity contribution in [3.05, 3.63) is 35.9 Å². The Balaban J connectivity index is 1.73. The van der Waals surface area contributed by atoms with Crippen molar-refractivity contribution >= 4 is 16.1 Å². The highest BCUT2D eigenvalue weighted by Crippen LogP contribution is 2.36. The first-order valence-electron chi connectivity index (χ1n) is 7.78. The molecular weight excluding hydrogens is 316 g/mol. The maximum Gasteiger partial charge on any atom is 0.309 e. The third-order valence-electron chi connectivity index (χ3n) is 3.65. The van der Waals surface area contributed by atoms with Gasteiger partial charge in [0.2, 0.25) is 0 Å². The van der Waals surface area contributed by atoms with E-state index in [9.17, 15) is 13.2 Å². The van der Waals surface area contributed by atoms with Crippen molar-refractivity contribution in [3.63, 3.8) is 0 Å². The second kappa shape index (κ2) is 7.01. The fourth-order valence-corrected chi connectivity index (χ4v) is 3.55. The van der Waals surface area contributed by atoms with Crippen molar-refractivity contribution in [1.29, 1.82) is 0 Å². The summed E-state index contributed by atoms with van der Waals surface area (Å²) in [5.41, 5.74) is 0.213. The van der Waals surface area contributed by atoms with Gasteiger partial charge >= 0.3 is 5.97 Å². The Kier molecular flexibility index (Phi) is 5.47. The molecule has 0 atom stereocenters. The molecule has 0 bridgehead atoms. The number of carbonyl (C=O) groups excluding carboxylic acids is 1. The normalized spacial score (nSPS) is 21.5. The minimum atomic E-state index is -3.59. The van der Waals surface area contributed by atoms with Gasteiger partial charge in [-0.25, -0.2) is 0 Å². The van der Waals surface area contributed by atoms with Gasteiger partial charge < -0.3 is 4.74 Å². The van der Waals surface area contributed by atoms with E-state index in [1.165, 1.54) is 0 Å². The summed E-state index contributed by atoms with van der Waals surface area (Å²) in [6, 6.07) is 8.93. The molecule has 6 heteroatoms. The molecule has 0 radical (unpaired) electrons. The van der Waals surface area contributed by atoms with Crippen LogP contribution in [0.25, 0.3) is 0 Å². The van der Waals surface area contributed by atoms with Crippen LogP contribution in [0.2, 0.25) is 0 Å². The van der Waals surface area contributed by atoms with Crippen LogP contribution in [-0.4, -0.2) is 26.6 Å². The molecule has 1 aliphatic carbocycles. The van der Waals surface area contributed by atoms with Crippen LogP contribution in [0.4, 0.5) is 0 Å². The first kappa shape index (κ1) is 17.9. The molecule has 0 heterocycles. The molecule has 0 aliphatic heterocycles. The molecule has 23 heavy (non-hydrogen) atoms. The van der Waals surface area contributed by atoms with E-state index in [0.717, 1.165) is 0 Å². The van der Waals surface area contributed by atoms with Crippen LogP contribution in [0.5, 0.6) is 0 Å². The highest BCUT2D eigenvalue weighted by atomic mass is 32.2. The van der Waals surface area contributed by atoms with Gasteiger partial charge in [0.1, 0.15) is 11.4 Å². The molecule has 0 N–H and O–H groups in total. The molecule has 0 unspecified atom stereocenters. The molecule has 0 spiro atoms. The summed E-state index contributed by atoms with van der Waals surface area (Å²) in [4.78, 5) is 11.8.